The average molecular weight is 304 g/mol. The number of likely N-dealkylation sites (tertiary alicyclic amines) is 1. The summed E-state index contributed by atoms with van der Waals surface area (Å²) in [5.74, 6) is -0.875. The molecule has 0 radical (unpaired) electrons. The van der Waals surface area contributed by atoms with Crippen molar-refractivity contribution >= 4 is 17.5 Å². The van der Waals surface area contributed by atoms with Gasteiger partial charge in [0, 0.05) is 18.8 Å². The zero-order chi connectivity index (χ0) is 16.3. The predicted molar refractivity (Wildman–Crippen MR) is 85.5 cm³/mol. The molecule has 1 atom stereocenters. The monoisotopic (exact) mass is 304 g/mol. The smallest absolute Gasteiger partial charge is 0.313 e. The van der Waals surface area contributed by atoms with E-state index < -0.39 is 11.8 Å². The SMILES string of the molecule is Cc1cccc(NC(=O)C(=O)N2CCC(C(C)O)CC2)c1C. The summed E-state index contributed by atoms with van der Waals surface area (Å²) in [4.78, 5) is 25.9. The highest BCUT2D eigenvalue weighted by Crippen LogP contribution is 2.21. The van der Waals surface area contributed by atoms with Crippen molar-refractivity contribution in [1.82, 2.24) is 4.90 Å². The Hall–Kier alpha value is -1.88. The lowest BCUT2D eigenvalue weighted by Crippen LogP contribution is -2.45. The number of hydrogen-bond acceptors (Lipinski definition) is 3. The number of nitrogens with zero attached hydrogens (tertiary/aromatic N) is 1. The minimum absolute atomic E-state index is 0.214. The molecule has 1 aromatic carbocycles. The number of benzene rings is 1. The molecule has 2 rings (SSSR count). The molecular formula is C17H24N2O3. The molecule has 120 valence electrons. The Morgan fingerprint density at radius 1 is 1.27 bits per heavy atom. The van der Waals surface area contributed by atoms with E-state index in [4.69, 9.17) is 0 Å². The van der Waals surface area contributed by atoms with Gasteiger partial charge in [-0.2, -0.15) is 0 Å². The van der Waals surface area contributed by atoms with E-state index in [2.05, 4.69) is 5.32 Å². The van der Waals surface area contributed by atoms with Gasteiger partial charge in [-0.1, -0.05) is 12.1 Å². The van der Waals surface area contributed by atoms with Gasteiger partial charge in [-0.05, 0) is 56.7 Å². The number of carbonyl (C=O) groups is 2. The van der Waals surface area contributed by atoms with Crippen molar-refractivity contribution in [1.29, 1.82) is 0 Å². The molecule has 1 aromatic rings. The maximum Gasteiger partial charge on any atom is 0.313 e. The minimum Gasteiger partial charge on any atom is -0.393 e. The Bertz CT molecular complexity index is 561. The van der Waals surface area contributed by atoms with Crippen molar-refractivity contribution in [2.24, 2.45) is 5.92 Å². The number of aryl methyl sites for hydroxylation is 1. The molecule has 0 aliphatic carbocycles. The third-order valence-electron chi connectivity index (χ3n) is 4.56. The Morgan fingerprint density at radius 2 is 1.91 bits per heavy atom. The first kappa shape index (κ1) is 16.5. The van der Waals surface area contributed by atoms with Gasteiger partial charge >= 0.3 is 11.8 Å². The lowest BCUT2D eigenvalue weighted by atomic mass is 9.92. The molecule has 2 amide bonds. The van der Waals surface area contributed by atoms with Gasteiger partial charge in [0.25, 0.3) is 0 Å². The first-order valence-corrected chi connectivity index (χ1v) is 7.74. The maximum atomic E-state index is 12.2. The molecular weight excluding hydrogens is 280 g/mol. The Labute approximate surface area is 131 Å². The highest BCUT2D eigenvalue weighted by atomic mass is 16.3. The summed E-state index contributed by atoms with van der Waals surface area (Å²) in [5.41, 5.74) is 2.72. The fraction of sp³-hybridized carbons (Fsp3) is 0.529. The van der Waals surface area contributed by atoms with Crippen molar-refractivity contribution < 1.29 is 14.7 Å². The number of aliphatic hydroxyl groups is 1. The zero-order valence-electron chi connectivity index (χ0n) is 13.4. The van der Waals surface area contributed by atoms with Crippen LogP contribution in [-0.2, 0) is 9.59 Å². The molecule has 0 saturated carbocycles. The largest absolute Gasteiger partial charge is 0.393 e. The number of amides is 2. The molecule has 0 bridgehead atoms. The summed E-state index contributed by atoms with van der Waals surface area (Å²) in [6, 6.07) is 5.62. The van der Waals surface area contributed by atoms with Gasteiger partial charge in [0.15, 0.2) is 0 Å². The van der Waals surface area contributed by atoms with Crippen molar-refractivity contribution in [2.45, 2.75) is 39.7 Å². The normalized spacial score (nSPS) is 17.2. The standard InChI is InChI=1S/C17H24N2O3/c1-11-5-4-6-15(12(11)2)18-16(21)17(22)19-9-7-14(8-10-19)13(3)20/h4-6,13-14,20H,7-10H2,1-3H3,(H,18,21). The lowest BCUT2D eigenvalue weighted by Gasteiger charge is -2.32. The van der Waals surface area contributed by atoms with Crippen LogP contribution >= 0.6 is 0 Å². The van der Waals surface area contributed by atoms with E-state index in [-0.39, 0.29) is 12.0 Å². The molecule has 5 nitrogen and oxygen atoms in total. The highest BCUT2D eigenvalue weighted by molar-refractivity contribution is 6.39. The van der Waals surface area contributed by atoms with E-state index in [9.17, 15) is 14.7 Å². The first-order valence-electron chi connectivity index (χ1n) is 7.74. The van der Waals surface area contributed by atoms with Crippen LogP contribution in [0, 0.1) is 19.8 Å². The third-order valence-corrected chi connectivity index (χ3v) is 4.56. The van der Waals surface area contributed by atoms with Gasteiger partial charge in [0.05, 0.1) is 6.10 Å². The third kappa shape index (κ3) is 3.65. The van der Waals surface area contributed by atoms with Gasteiger partial charge in [0.2, 0.25) is 0 Å². The highest BCUT2D eigenvalue weighted by Gasteiger charge is 2.28. The zero-order valence-corrected chi connectivity index (χ0v) is 13.4. The average Bonchev–Trinajstić information content (AvgIpc) is 2.51. The van der Waals surface area contributed by atoms with Gasteiger partial charge in [-0.25, -0.2) is 0 Å². The summed E-state index contributed by atoms with van der Waals surface area (Å²) in [7, 11) is 0. The summed E-state index contributed by atoms with van der Waals surface area (Å²) < 4.78 is 0. The lowest BCUT2D eigenvalue weighted by molar-refractivity contribution is -0.144. The van der Waals surface area contributed by atoms with Crippen LogP contribution < -0.4 is 5.32 Å². The quantitative estimate of drug-likeness (QED) is 0.819. The second-order valence-electron chi connectivity index (χ2n) is 6.07. The van der Waals surface area contributed by atoms with Crippen LogP contribution in [0.2, 0.25) is 0 Å². The number of aliphatic hydroxyl groups excluding tert-OH is 1. The molecule has 2 N–H and O–H groups in total. The van der Waals surface area contributed by atoms with Gasteiger partial charge in [-0.15, -0.1) is 0 Å². The number of carbonyl (C=O) groups excluding carboxylic acids is 2. The summed E-state index contributed by atoms with van der Waals surface area (Å²) in [5, 5.41) is 12.3. The van der Waals surface area contributed by atoms with Crippen LogP contribution in [0.25, 0.3) is 0 Å². The van der Waals surface area contributed by atoms with E-state index in [1.54, 1.807) is 17.9 Å². The first-order chi connectivity index (χ1) is 10.4. The molecule has 1 heterocycles. The van der Waals surface area contributed by atoms with Crippen LogP contribution in [0.5, 0.6) is 0 Å². The van der Waals surface area contributed by atoms with Crippen molar-refractivity contribution in [2.75, 3.05) is 18.4 Å². The van der Waals surface area contributed by atoms with E-state index in [0.29, 0.717) is 18.8 Å². The van der Waals surface area contributed by atoms with Crippen LogP contribution in [0.3, 0.4) is 0 Å². The van der Waals surface area contributed by atoms with Gasteiger partial charge in [-0.3, -0.25) is 9.59 Å². The number of nitrogens with one attached hydrogen (secondary N) is 1. The van der Waals surface area contributed by atoms with E-state index >= 15 is 0 Å². The molecule has 5 heteroatoms. The van der Waals surface area contributed by atoms with E-state index in [1.165, 1.54) is 0 Å². The second kappa shape index (κ2) is 6.92. The molecule has 1 unspecified atom stereocenters. The number of rotatable bonds is 2. The van der Waals surface area contributed by atoms with Crippen molar-refractivity contribution in [3.63, 3.8) is 0 Å². The second-order valence-corrected chi connectivity index (χ2v) is 6.07. The number of anilines is 1. The number of hydrogen-bond donors (Lipinski definition) is 2. The van der Waals surface area contributed by atoms with Gasteiger partial charge < -0.3 is 15.3 Å². The molecule has 0 aromatic heterocycles. The summed E-state index contributed by atoms with van der Waals surface area (Å²) in [6.07, 6.45) is 1.11. The minimum atomic E-state index is -0.593. The summed E-state index contributed by atoms with van der Waals surface area (Å²) in [6.45, 7) is 6.70. The van der Waals surface area contributed by atoms with Gasteiger partial charge in [0.1, 0.15) is 0 Å². The molecule has 1 fully saturated rings. The molecule has 22 heavy (non-hydrogen) atoms. The summed E-state index contributed by atoms with van der Waals surface area (Å²) >= 11 is 0. The van der Waals surface area contributed by atoms with Crippen LogP contribution in [0.15, 0.2) is 18.2 Å². The topological polar surface area (TPSA) is 69.6 Å². The van der Waals surface area contributed by atoms with E-state index in [0.717, 1.165) is 24.0 Å². The van der Waals surface area contributed by atoms with Crippen LogP contribution in [0.4, 0.5) is 5.69 Å². The molecule has 1 saturated heterocycles. The predicted octanol–water partition coefficient (Wildman–Crippen LogP) is 1.86. The van der Waals surface area contributed by atoms with Crippen molar-refractivity contribution in [3.05, 3.63) is 29.3 Å². The molecule has 1 aliphatic heterocycles. The fourth-order valence-electron chi connectivity index (χ4n) is 2.79. The Balaban J connectivity index is 1.96. The number of piperidine rings is 1. The van der Waals surface area contributed by atoms with Crippen molar-refractivity contribution in [3.8, 4) is 0 Å². The Kier molecular flexibility index (Phi) is 5.19. The van der Waals surface area contributed by atoms with E-state index in [1.807, 2.05) is 26.0 Å². The fourth-order valence-corrected chi connectivity index (χ4v) is 2.79. The molecule has 0 spiro atoms. The molecule has 1 aliphatic rings. The van der Waals surface area contributed by atoms with Crippen LogP contribution in [-0.4, -0.2) is 41.0 Å². The Morgan fingerprint density at radius 3 is 2.50 bits per heavy atom. The van der Waals surface area contributed by atoms with Crippen LogP contribution in [0.1, 0.15) is 30.9 Å². The maximum absolute atomic E-state index is 12.2.